The molecule has 26 heavy (non-hydrogen) atoms. The van der Waals surface area contributed by atoms with Crippen molar-refractivity contribution in [1.82, 2.24) is 14.9 Å². The van der Waals surface area contributed by atoms with Gasteiger partial charge in [-0.05, 0) is 44.4 Å². The van der Waals surface area contributed by atoms with E-state index in [2.05, 4.69) is 53.0 Å². The maximum absolute atomic E-state index is 11.8. The van der Waals surface area contributed by atoms with Gasteiger partial charge in [-0.15, -0.1) is 11.3 Å². The van der Waals surface area contributed by atoms with Gasteiger partial charge in [0.15, 0.2) is 0 Å². The van der Waals surface area contributed by atoms with Gasteiger partial charge in [0.1, 0.15) is 5.01 Å². The van der Waals surface area contributed by atoms with Gasteiger partial charge in [0.2, 0.25) is 5.91 Å². The van der Waals surface area contributed by atoms with E-state index in [0.29, 0.717) is 13.7 Å². The topological polar surface area (TPSA) is 46.9 Å². The number of carbonyl (C=O) groups is 1. The van der Waals surface area contributed by atoms with Crippen LogP contribution in [-0.4, -0.2) is 22.6 Å². The van der Waals surface area contributed by atoms with Crippen LogP contribution >= 0.6 is 11.3 Å². The number of benzene rings is 1. The number of rotatable bonds is 5. The van der Waals surface area contributed by atoms with E-state index in [1.165, 1.54) is 16.5 Å². The van der Waals surface area contributed by atoms with Crippen LogP contribution in [0.25, 0.3) is 21.6 Å². The summed E-state index contributed by atoms with van der Waals surface area (Å²) in [5, 5.41) is 5.32. The van der Waals surface area contributed by atoms with Crippen molar-refractivity contribution in [3.8, 4) is 10.7 Å². The number of carbonyl (C=O) groups excluding carboxylic acids is 1. The van der Waals surface area contributed by atoms with Gasteiger partial charge in [-0.3, -0.25) is 9.18 Å². The highest BCUT2D eigenvalue weighted by atomic mass is 32.1. The molecule has 0 saturated heterocycles. The Labute approximate surface area is 157 Å². The van der Waals surface area contributed by atoms with Gasteiger partial charge in [0.25, 0.3) is 0 Å². The number of fused-ring (bicyclic) bond motifs is 1. The number of hydrogen-bond donors (Lipinski definition) is 1. The van der Waals surface area contributed by atoms with Gasteiger partial charge < -0.3 is 9.88 Å². The lowest BCUT2D eigenvalue weighted by Gasteiger charge is -2.05. The first-order valence-corrected chi connectivity index (χ1v) is 9.68. The van der Waals surface area contributed by atoms with Gasteiger partial charge in [-0.1, -0.05) is 12.1 Å². The predicted molar refractivity (Wildman–Crippen MR) is 105 cm³/mol. The zero-order valence-electron chi connectivity index (χ0n) is 15.4. The van der Waals surface area contributed by atoms with Crippen molar-refractivity contribution in [2.75, 3.05) is 7.18 Å². The molecule has 0 atom stereocenters. The van der Waals surface area contributed by atoms with Crippen molar-refractivity contribution in [1.29, 1.82) is 0 Å². The fraction of sp³-hybridized carbons (Fsp3) is 0.400. The average molecular weight is 373 g/mol. The largest absolute Gasteiger partial charge is 0.351 e. The molecule has 2 aromatic heterocycles. The summed E-state index contributed by atoms with van der Waals surface area (Å²) in [6, 6.07) is 8.65. The third kappa shape index (κ3) is 3.65. The lowest BCUT2D eigenvalue weighted by molar-refractivity contribution is -0.122. The van der Waals surface area contributed by atoms with Crippen LogP contribution < -0.4 is 5.32 Å². The van der Waals surface area contributed by atoms with Crippen LogP contribution in [0.2, 0.25) is 0 Å². The second-order valence-corrected chi connectivity index (χ2v) is 7.52. The number of halogens is 1. The molecular weight excluding hydrogens is 349 g/mol. The van der Waals surface area contributed by atoms with E-state index in [9.17, 15) is 9.18 Å². The second-order valence-electron chi connectivity index (χ2n) is 6.41. The third-order valence-electron chi connectivity index (χ3n) is 4.64. The highest BCUT2D eigenvalue weighted by molar-refractivity contribution is 7.15. The van der Waals surface area contributed by atoms with E-state index in [4.69, 9.17) is 0 Å². The van der Waals surface area contributed by atoms with Crippen molar-refractivity contribution in [3.05, 3.63) is 40.9 Å². The number of hydrogen-bond acceptors (Lipinski definition) is 3. The van der Waals surface area contributed by atoms with Gasteiger partial charge in [0, 0.05) is 34.4 Å². The Morgan fingerprint density at radius 1 is 1.38 bits per heavy atom. The van der Waals surface area contributed by atoms with Crippen molar-refractivity contribution < 1.29 is 9.18 Å². The van der Waals surface area contributed by atoms with E-state index in [1.54, 1.807) is 11.3 Å². The maximum atomic E-state index is 11.8. The zero-order chi connectivity index (χ0) is 18.7. The smallest absolute Gasteiger partial charge is 0.223 e. The minimum absolute atomic E-state index is 0.184. The number of aromatic nitrogens is 2. The summed E-state index contributed by atoms with van der Waals surface area (Å²) >= 11 is 1.66. The highest BCUT2D eigenvalue weighted by Gasteiger charge is 2.29. The molecule has 1 aromatic carbocycles. The summed E-state index contributed by atoms with van der Waals surface area (Å²) < 4.78 is 11.8. The van der Waals surface area contributed by atoms with Gasteiger partial charge in [0.05, 0.1) is 19.4 Å². The lowest BCUT2D eigenvalue weighted by Crippen LogP contribution is -2.23. The van der Waals surface area contributed by atoms with E-state index in [0.717, 1.165) is 35.0 Å². The lowest BCUT2D eigenvalue weighted by atomic mass is 10.1. The number of amides is 1. The Morgan fingerprint density at radius 3 is 2.85 bits per heavy atom. The molecular formula is C20H24FN3OS. The van der Waals surface area contributed by atoms with E-state index in [-0.39, 0.29) is 11.8 Å². The highest BCUT2D eigenvalue weighted by Crippen LogP contribution is 2.33. The fourth-order valence-electron chi connectivity index (χ4n) is 3.12. The molecule has 0 spiro atoms. The summed E-state index contributed by atoms with van der Waals surface area (Å²) in [5.74, 6) is 0.436. The number of nitrogens with one attached hydrogen (secondary N) is 1. The van der Waals surface area contributed by atoms with Crippen LogP contribution in [-0.2, 0) is 17.9 Å². The number of alkyl halides is 1. The summed E-state index contributed by atoms with van der Waals surface area (Å²) in [5.41, 5.74) is 3.70. The monoisotopic (exact) mass is 373 g/mol. The van der Waals surface area contributed by atoms with Crippen molar-refractivity contribution >= 4 is 28.1 Å². The Bertz CT molecular complexity index is 911. The molecule has 2 heterocycles. The van der Waals surface area contributed by atoms with Crippen molar-refractivity contribution in [3.63, 3.8) is 0 Å². The standard InChI is InChI=1S/C19H21N3OS.CH3F/c1-3-22-16-6-4-5-12(2)15(16)9-17(22)19-21-11-14(24-19)10-20-18(23)13-7-8-13;1-2/h4-6,9,11,13H,3,7-8,10H2,1-2H3,(H,20,23);1H3. The Kier molecular flexibility index (Phi) is 5.71. The SMILES string of the molecule is CCn1c(-c2ncc(CNC(=O)C3CC3)s2)cc2c(C)cccc21.CF. The summed E-state index contributed by atoms with van der Waals surface area (Å²) in [6.07, 6.45) is 3.96. The minimum atomic E-state index is 0.184. The van der Waals surface area contributed by atoms with Crippen LogP contribution in [0, 0.1) is 12.8 Å². The molecule has 0 radical (unpaired) electrons. The zero-order valence-corrected chi connectivity index (χ0v) is 16.2. The Balaban J connectivity index is 0.000000948. The molecule has 138 valence electrons. The first-order valence-electron chi connectivity index (χ1n) is 8.87. The third-order valence-corrected chi connectivity index (χ3v) is 5.66. The van der Waals surface area contributed by atoms with Crippen molar-refractivity contribution in [2.45, 2.75) is 39.8 Å². The van der Waals surface area contributed by atoms with Crippen LogP contribution in [0.15, 0.2) is 30.5 Å². The molecule has 1 saturated carbocycles. The van der Waals surface area contributed by atoms with Gasteiger partial charge >= 0.3 is 0 Å². The predicted octanol–water partition coefficient (Wildman–Crippen LogP) is 4.71. The number of aryl methyl sites for hydroxylation is 2. The van der Waals surface area contributed by atoms with E-state index < -0.39 is 0 Å². The van der Waals surface area contributed by atoms with Crippen LogP contribution in [0.3, 0.4) is 0 Å². The first kappa shape index (κ1) is 18.6. The molecule has 0 unspecified atom stereocenters. The van der Waals surface area contributed by atoms with Gasteiger partial charge in [-0.25, -0.2) is 4.98 Å². The average Bonchev–Trinajstić information content (AvgIpc) is 3.29. The second kappa shape index (κ2) is 7.99. The molecule has 3 aromatic rings. The quantitative estimate of drug-likeness (QED) is 0.704. The summed E-state index contributed by atoms with van der Waals surface area (Å²) in [7, 11) is 0.500. The maximum Gasteiger partial charge on any atom is 0.223 e. The molecule has 1 aliphatic carbocycles. The van der Waals surface area contributed by atoms with Crippen LogP contribution in [0.4, 0.5) is 4.39 Å². The summed E-state index contributed by atoms with van der Waals surface area (Å²) in [6.45, 7) is 5.80. The van der Waals surface area contributed by atoms with E-state index in [1.807, 2.05) is 6.20 Å². The van der Waals surface area contributed by atoms with E-state index >= 15 is 0 Å². The molecule has 0 bridgehead atoms. The molecule has 1 N–H and O–H groups in total. The number of nitrogens with zero attached hydrogens (tertiary/aromatic N) is 2. The normalized spacial score (nSPS) is 13.4. The molecule has 4 nitrogen and oxygen atoms in total. The molecule has 1 amide bonds. The molecule has 1 aliphatic rings. The Morgan fingerprint density at radius 2 is 2.15 bits per heavy atom. The fourth-order valence-corrected chi connectivity index (χ4v) is 4.00. The van der Waals surface area contributed by atoms with Gasteiger partial charge in [-0.2, -0.15) is 0 Å². The molecule has 0 aliphatic heterocycles. The molecule has 1 fully saturated rings. The van der Waals surface area contributed by atoms with Crippen LogP contribution in [0.5, 0.6) is 0 Å². The molecule has 4 rings (SSSR count). The number of thiazole rings is 1. The summed E-state index contributed by atoms with van der Waals surface area (Å²) in [4.78, 5) is 17.5. The molecule has 6 heteroatoms. The minimum Gasteiger partial charge on any atom is -0.351 e. The Hall–Kier alpha value is -2.21. The van der Waals surface area contributed by atoms with Crippen LogP contribution in [0.1, 0.15) is 30.2 Å². The van der Waals surface area contributed by atoms with Crippen molar-refractivity contribution in [2.24, 2.45) is 5.92 Å². The first-order chi connectivity index (χ1) is 12.7.